The van der Waals surface area contributed by atoms with Gasteiger partial charge in [0.2, 0.25) is 0 Å². The number of benzene rings is 1. The Morgan fingerprint density at radius 1 is 1.35 bits per heavy atom. The summed E-state index contributed by atoms with van der Waals surface area (Å²) < 4.78 is 5.77. The number of halogens is 1. The fourth-order valence-corrected chi connectivity index (χ4v) is 3.80. The molecule has 120 valence electrons. The van der Waals surface area contributed by atoms with Crippen LogP contribution in [-0.2, 0) is 4.74 Å². The second kappa shape index (κ2) is 5.98. The zero-order valence-corrected chi connectivity index (χ0v) is 13.4. The Hall–Kier alpha value is -1.85. The second-order valence-electron chi connectivity index (χ2n) is 6.05. The Bertz CT molecular complexity index is 730. The predicted octanol–water partition coefficient (Wildman–Crippen LogP) is 3.12. The van der Waals surface area contributed by atoms with E-state index in [2.05, 4.69) is 10.2 Å². The van der Waals surface area contributed by atoms with Crippen molar-refractivity contribution in [3.63, 3.8) is 0 Å². The third-order valence-corrected chi connectivity index (χ3v) is 5.03. The maximum atomic E-state index is 12.8. The number of fused-ring (bicyclic) bond motifs is 1. The van der Waals surface area contributed by atoms with Crippen molar-refractivity contribution in [3.05, 3.63) is 41.0 Å². The second-order valence-corrected chi connectivity index (χ2v) is 6.46. The van der Waals surface area contributed by atoms with Crippen LogP contribution in [0.3, 0.4) is 0 Å². The lowest BCUT2D eigenvalue weighted by molar-refractivity contribution is -0.0447. The van der Waals surface area contributed by atoms with Crippen LogP contribution in [0.25, 0.3) is 11.3 Å². The highest BCUT2D eigenvalue weighted by Gasteiger charge is 2.39. The van der Waals surface area contributed by atoms with Crippen molar-refractivity contribution in [2.45, 2.75) is 31.4 Å². The number of carbonyl (C=O) groups excluding carboxylic acids is 1. The van der Waals surface area contributed by atoms with E-state index in [1.165, 1.54) is 0 Å². The number of aromatic nitrogens is 2. The number of aromatic amines is 1. The quantitative estimate of drug-likeness (QED) is 0.919. The highest BCUT2D eigenvalue weighted by molar-refractivity contribution is 6.33. The van der Waals surface area contributed by atoms with Crippen LogP contribution in [0.15, 0.2) is 30.3 Å². The summed E-state index contributed by atoms with van der Waals surface area (Å²) >= 11 is 6.20. The predicted molar refractivity (Wildman–Crippen MR) is 87.4 cm³/mol. The minimum Gasteiger partial charge on any atom is -0.374 e. The van der Waals surface area contributed by atoms with Crippen molar-refractivity contribution in [1.82, 2.24) is 15.1 Å². The first-order chi connectivity index (χ1) is 11.2. The van der Waals surface area contributed by atoms with Crippen molar-refractivity contribution < 1.29 is 9.53 Å². The lowest BCUT2D eigenvalue weighted by atomic mass is 10.1. The van der Waals surface area contributed by atoms with E-state index in [4.69, 9.17) is 16.3 Å². The number of carbonyl (C=O) groups is 1. The minimum absolute atomic E-state index is 0.00370. The molecule has 5 nitrogen and oxygen atoms in total. The first-order valence-electron chi connectivity index (χ1n) is 7.97. The lowest BCUT2D eigenvalue weighted by Crippen LogP contribution is -2.51. The molecule has 4 rings (SSSR count). The van der Waals surface area contributed by atoms with Crippen molar-refractivity contribution in [2.24, 2.45) is 0 Å². The number of ether oxygens (including phenoxy) is 1. The van der Waals surface area contributed by atoms with Gasteiger partial charge in [0, 0.05) is 12.1 Å². The highest BCUT2D eigenvalue weighted by atomic mass is 35.5. The van der Waals surface area contributed by atoms with E-state index < -0.39 is 0 Å². The molecule has 2 atom stereocenters. The summed E-state index contributed by atoms with van der Waals surface area (Å²) in [6.07, 6.45) is 3.37. The molecule has 0 spiro atoms. The van der Waals surface area contributed by atoms with Gasteiger partial charge in [0.25, 0.3) is 5.91 Å². The van der Waals surface area contributed by atoms with Gasteiger partial charge < -0.3 is 9.64 Å². The molecule has 2 fully saturated rings. The van der Waals surface area contributed by atoms with Crippen molar-refractivity contribution in [3.8, 4) is 11.3 Å². The molecule has 0 unspecified atom stereocenters. The summed E-state index contributed by atoms with van der Waals surface area (Å²) in [6, 6.07) is 9.47. The molecule has 2 aliphatic rings. The van der Waals surface area contributed by atoms with Crippen LogP contribution >= 0.6 is 11.6 Å². The van der Waals surface area contributed by atoms with Gasteiger partial charge in [-0.25, -0.2) is 0 Å². The third kappa shape index (κ3) is 2.64. The van der Waals surface area contributed by atoms with E-state index in [0.717, 1.165) is 24.8 Å². The molecule has 0 radical (unpaired) electrons. The third-order valence-electron chi connectivity index (χ3n) is 4.70. The molecule has 1 saturated carbocycles. The summed E-state index contributed by atoms with van der Waals surface area (Å²) in [6.45, 7) is 1.25. The summed E-state index contributed by atoms with van der Waals surface area (Å²) in [5.74, 6) is -0.00370. The SMILES string of the molecule is O=C(c1cc(-c2ccccc2Cl)n[nH]1)N1CCO[C@@H]2CCC[C@H]21. The van der Waals surface area contributed by atoms with E-state index in [9.17, 15) is 4.79 Å². The molecule has 1 aliphatic heterocycles. The van der Waals surface area contributed by atoms with Crippen LogP contribution in [0.1, 0.15) is 29.8 Å². The van der Waals surface area contributed by atoms with Gasteiger partial charge in [-0.05, 0) is 31.4 Å². The molecule has 1 aromatic heterocycles. The average molecular weight is 332 g/mol. The van der Waals surface area contributed by atoms with E-state index in [-0.39, 0.29) is 18.1 Å². The molecule has 1 aromatic carbocycles. The maximum absolute atomic E-state index is 12.8. The standard InChI is InChI=1S/C17H18ClN3O2/c18-12-5-2-1-4-11(12)13-10-14(20-19-13)17(22)21-8-9-23-16-7-3-6-15(16)21/h1-2,4-5,10,15-16H,3,6-9H2,(H,19,20)/t15-,16-/m1/s1. The summed E-state index contributed by atoms with van der Waals surface area (Å²) in [5, 5.41) is 7.75. The molecule has 2 aromatic rings. The van der Waals surface area contributed by atoms with E-state index in [1.54, 1.807) is 6.07 Å². The summed E-state index contributed by atoms with van der Waals surface area (Å²) in [5.41, 5.74) is 2.02. The van der Waals surface area contributed by atoms with Crippen LogP contribution in [0.4, 0.5) is 0 Å². The number of hydrogen-bond acceptors (Lipinski definition) is 3. The largest absolute Gasteiger partial charge is 0.374 e. The van der Waals surface area contributed by atoms with Crippen molar-refractivity contribution in [2.75, 3.05) is 13.2 Å². The Morgan fingerprint density at radius 3 is 3.09 bits per heavy atom. The summed E-state index contributed by atoms with van der Waals surface area (Å²) in [7, 11) is 0. The normalized spacial score (nSPS) is 23.8. The van der Waals surface area contributed by atoms with E-state index in [1.807, 2.05) is 29.2 Å². The van der Waals surface area contributed by atoms with Crippen LogP contribution in [0, 0.1) is 0 Å². The van der Waals surface area contributed by atoms with Crippen LogP contribution in [0.5, 0.6) is 0 Å². The van der Waals surface area contributed by atoms with Gasteiger partial charge in [0.05, 0.1) is 29.5 Å². The highest BCUT2D eigenvalue weighted by Crippen LogP contribution is 2.31. The molecule has 6 heteroatoms. The Labute approximate surface area is 139 Å². The lowest BCUT2D eigenvalue weighted by Gasteiger charge is -2.37. The smallest absolute Gasteiger partial charge is 0.272 e. The first-order valence-corrected chi connectivity index (χ1v) is 8.35. The fourth-order valence-electron chi connectivity index (χ4n) is 3.57. The number of morpholine rings is 1. The van der Waals surface area contributed by atoms with Crippen molar-refractivity contribution in [1.29, 1.82) is 0 Å². The molecule has 1 aliphatic carbocycles. The average Bonchev–Trinajstić information content (AvgIpc) is 3.23. The van der Waals surface area contributed by atoms with Gasteiger partial charge in [-0.1, -0.05) is 29.8 Å². The minimum atomic E-state index is -0.00370. The molecule has 1 saturated heterocycles. The number of rotatable bonds is 2. The van der Waals surface area contributed by atoms with Crippen LogP contribution in [0.2, 0.25) is 5.02 Å². The van der Waals surface area contributed by atoms with Gasteiger partial charge in [-0.3, -0.25) is 9.89 Å². The summed E-state index contributed by atoms with van der Waals surface area (Å²) in [4.78, 5) is 14.8. The molecule has 1 N–H and O–H groups in total. The zero-order valence-electron chi connectivity index (χ0n) is 12.7. The number of hydrogen-bond donors (Lipinski definition) is 1. The monoisotopic (exact) mass is 331 g/mol. The Kier molecular flexibility index (Phi) is 3.83. The number of H-pyrrole nitrogens is 1. The van der Waals surface area contributed by atoms with Gasteiger partial charge in [0.1, 0.15) is 5.69 Å². The zero-order chi connectivity index (χ0) is 15.8. The molecule has 2 heterocycles. The fraction of sp³-hybridized carbons (Fsp3) is 0.412. The van der Waals surface area contributed by atoms with Crippen LogP contribution in [-0.4, -0.2) is 46.3 Å². The topological polar surface area (TPSA) is 58.2 Å². The molecular weight excluding hydrogens is 314 g/mol. The first kappa shape index (κ1) is 14.7. The van der Waals surface area contributed by atoms with E-state index in [0.29, 0.717) is 29.6 Å². The Morgan fingerprint density at radius 2 is 2.22 bits per heavy atom. The van der Waals surface area contributed by atoms with Crippen molar-refractivity contribution >= 4 is 17.5 Å². The van der Waals surface area contributed by atoms with Gasteiger partial charge >= 0.3 is 0 Å². The van der Waals surface area contributed by atoms with Gasteiger partial charge in [-0.2, -0.15) is 5.10 Å². The van der Waals surface area contributed by atoms with Gasteiger partial charge in [0.15, 0.2) is 0 Å². The van der Waals surface area contributed by atoms with Gasteiger partial charge in [-0.15, -0.1) is 0 Å². The number of nitrogens with zero attached hydrogens (tertiary/aromatic N) is 2. The Balaban J connectivity index is 1.59. The number of nitrogens with one attached hydrogen (secondary N) is 1. The molecule has 23 heavy (non-hydrogen) atoms. The molecular formula is C17H18ClN3O2. The number of amides is 1. The van der Waals surface area contributed by atoms with Crippen LogP contribution < -0.4 is 0 Å². The van der Waals surface area contributed by atoms with E-state index >= 15 is 0 Å². The molecule has 1 amide bonds. The maximum Gasteiger partial charge on any atom is 0.272 e. The molecule has 0 bridgehead atoms.